The van der Waals surface area contributed by atoms with E-state index in [0.29, 0.717) is 0 Å². The molecule has 6 heteroatoms. The van der Waals surface area contributed by atoms with Crippen LogP contribution < -0.4 is 0 Å². The predicted octanol–water partition coefficient (Wildman–Crippen LogP) is 5.57. The van der Waals surface area contributed by atoms with Crippen LogP contribution in [0, 0.1) is 5.41 Å². The smallest absolute Gasteiger partial charge is 0.265 e. The Balaban J connectivity index is 3.53. The molecule has 0 rings (SSSR count). The predicted molar refractivity (Wildman–Crippen MR) is 96.2 cm³/mol. The topological polar surface area (TPSA) is 53.3 Å². The molecule has 3 nitrogen and oxygen atoms in total. The minimum atomic E-state index is -1.84. The summed E-state index contributed by atoms with van der Waals surface area (Å²) in [6, 6.07) is 0. The quantitative estimate of drug-likeness (QED) is 0.155. The average Bonchev–Trinajstić information content (AvgIpc) is 2.45. The molecule has 0 aliphatic carbocycles. The molecule has 0 aromatic carbocycles. The van der Waals surface area contributed by atoms with Gasteiger partial charge in [0.1, 0.15) is 6.61 Å². The Morgan fingerprint density at radius 3 is 2.32 bits per heavy atom. The van der Waals surface area contributed by atoms with Gasteiger partial charge in [0, 0.05) is 0 Å². The molecule has 0 aliphatic rings. The van der Waals surface area contributed by atoms with Gasteiger partial charge in [0.05, 0.1) is 6.10 Å². The zero-order valence-corrected chi connectivity index (χ0v) is 15.1. The van der Waals surface area contributed by atoms with Gasteiger partial charge in [-0.2, -0.15) is 0 Å². The number of allylic oxidation sites excluding steroid dienone is 1. The SMILES string of the molecule is C=CCCCCCCCCC(O)/C=C/COC(=N)C(Cl)(Cl)Cl. The van der Waals surface area contributed by atoms with Gasteiger partial charge in [-0.05, 0) is 25.3 Å². The third-order valence-electron chi connectivity index (χ3n) is 3.10. The van der Waals surface area contributed by atoms with Crippen LogP contribution in [0.15, 0.2) is 24.8 Å². The fraction of sp³-hybridized carbons (Fsp3) is 0.688. The van der Waals surface area contributed by atoms with Gasteiger partial charge in [-0.3, -0.25) is 5.41 Å². The number of ether oxygens (including phenoxy) is 1. The molecule has 0 amide bonds. The highest BCUT2D eigenvalue weighted by Gasteiger charge is 2.28. The van der Waals surface area contributed by atoms with E-state index in [-0.39, 0.29) is 6.61 Å². The van der Waals surface area contributed by atoms with Crippen LogP contribution in [0.2, 0.25) is 0 Å². The molecule has 0 fully saturated rings. The first-order valence-corrected chi connectivity index (χ1v) is 8.75. The Kier molecular flexibility index (Phi) is 13.1. The standard InChI is InChI=1S/C16H26Cl3NO2/c1-2-3-4-5-6-7-8-9-11-14(21)12-10-13-22-15(20)16(17,18)19/h2,10,12,14,20-21H,1,3-9,11,13H2/b12-10+,20-15?. The molecule has 0 aromatic heterocycles. The van der Waals surface area contributed by atoms with Crippen molar-refractivity contribution in [3.63, 3.8) is 0 Å². The summed E-state index contributed by atoms with van der Waals surface area (Å²) >= 11 is 16.4. The largest absolute Gasteiger partial charge is 0.474 e. The summed E-state index contributed by atoms with van der Waals surface area (Å²) in [5.74, 6) is -0.423. The lowest BCUT2D eigenvalue weighted by atomic mass is 10.1. The first-order valence-electron chi connectivity index (χ1n) is 7.62. The van der Waals surface area contributed by atoms with E-state index in [1.807, 2.05) is 6.08 Å². The van der Waals surface area contributed by atoms with E-state index in [2.05, 4.69) is 6.58 Å². The van der Waals surface area contributed by atoms with Crippen molar-refractivity contribution in [3.05, 3.63) is 24.8 Å². The van der Waals surface area contributed by atoms with Gasteiger partial charge >= 0.3 is 0 Å². The van der Waals surface area contributed by atoms with Crippen LogP contribution in [-0.4, -0.2) is 27.5 Å². The minimum Gasteiger partial charge on any atom is -0.474 e. The monoisotopic (exact) mass is 369 g/mol. The summed E-state index contributed by atoms with van der Waals surface area (Å²) < 4.78 is 3.09. The molecule has 0 spiro atoms. The molecule has 0 aliphatic heterocycles. The number of aliphatic hydroxyl groups excluding tert-OH is 1. The zero-order valence-electron chi connectivity index (χ0n) is 12.9. The Morgan fingerprint density at radius 2 is 1.73 bits per heavy atom. The average molecular weight is 371 g/mol. The van der Waals surface area contributed by atoms with E-state index >= 15 is 0 Å². The van der Waals surface area contributed by atoms with Crippen molar-refractivity contribution in [2.24, 2.45) is 0 Å². The summed E-state index contributed by atoms with van der Waals surface area (Å²) in [6.45, 7) is 3.81. The minimum absolute atomic E-state index is 0.104. The number of hydrogen-bond acceptors (Lipinski definition) is 3. The summed E-state index contributed by atoms with van der Waals surface area (Å²) in [5.41, 5.74) is 0. The van der Waals surface area contributed by atoms with Crippen molar-refractivity contribution in [2.75, 3.05) is 6.61 Å². The van der Waals surface area contributed by atoms with E-state index < -0.39 is 15.8 Å². The molecule has 0 saturated carbocycles. The second-order valence-corrected chi connectivity index (χ2v) is 7.40. The number of hydrogen-bond donors (Lipinski definition) is 2. The molecule has 128 valence electrons. The molecule has 22 heavy (non-hydrogen) atoms. The van der Waals surface area contributed by atoms with E-state index in [1.54, 1.807) is 12.2 Å². The lowest BCUT2D eigenvalue weighted by Gasteiger charge is -2.12. The molecule has 0 saturated heterocycles. The first kappa shape index (κ1) is 21.8. The maximum absolute atomic E-state index is 9.76. The number of nitrogens with one attached hydrogen (secondary N) is 1. The second-order valence-electron chi connectivity index (χ2n) is 5.12. The summed E-state index contributed by atoms with van der Waals surface area (Å²) in [4.78, 5) is 0. The molecular formula is C16H26Cl3NO2. The number of rotatable bonds is 12. The van der Waals surface area contributed by atoms with Crippen molar-refractivity contribution < 1.29 is 9.84 Å². The van der Waals surface area contributed by atoms with Gasteiger partial charge in [-0.25, -0.2) is 0 Å². The van der Waals surface area contributed by atoms with Gasteiger partial charge < -0.3 is 9.84 Å². The van der Waals surface area contributed by atoms with Crippen molar-refractivity contribution in [1.82, 2.24) is 0 Å². The van der Waals surface area contributed by atoms with Crippen LogP contribution >= 0.6 is 34.8 Å². The zero-order chi connectivity index (χ0) is 16.8. The highest BCUT2D eigenvalue weighted by molar-refractivity contribution is 6.76. The molecular weight excluding hydrogens is 345 g/mol. The summed E-state index contributed by atoms with van der Waals surface area (Å²) in [7, 11) is 0. The van der Waals surface area contributed by atoms with Gasteiger partial charge in [-0.15, -0.1) is 6.58 Å². The molecule has 1 atom stereocenters. The van der Waals surface area contributed by atoms with E-state index in [1.165, 1.54) is 25.7 Å². The van der Waals surface area contributed by atoms with Crippen LogP contribution in [0.25, 0.3) is 0 Å². The molecule has 1 unspecified atom stereocenters. The van der Waals surface area contributed by atoms with Crippen molar-refractivity contribution in [1.29, 1.82) is 5.41 Å². The first-order chi connectivity index (χ1) is 10.4. The normalized spacial score (nSPS) is 13.3. The van der Waals surface area contributed by atoms with E-state index in [4.69, 9.17) is 44.9 Å². The van der Waals surface area contributed by atoms with Crippen molar-refractivity contribution in [2.45, 2.75) is 61.3 Å². The fourth-order valence-electron chi connectivity index (χ4n) is 1.87. The maximum Gasteiger partial charge on any atom is 0.265 e. The third-order valence-corrected chi connectivity index (χ3v) is 3.61. The highest BCUT2D eigenvalue weighted by atomic mass is 35.6. The van der Waals surface area contributed by atoms with Crippen molar-refractivity contribution >= 4 is 40.7 Å². The van der Waals surface area contributed by atoms with Crippen LogP contribution in [0.3, 0.4) is 0 Å². The summed E-state index contributed by atoms with van der Waals surface area (Å²) in [5, 5.41) is 17.1. The van der Waals surface area contributed by atoms with Gasteiger partial charge in [0.15, 0.2) is 0 Å². The Bertz CT molecular complexity index is 341. The lowest BCUT2D eigenvalue weighted by Crippen LogP contribution is -2.21. The van der Waals surface area contributed by atoms with Crippen LogP contribution in [0.1, 0.15) is 51.4 Å². The third kappa shape index (κ3) is 13.4. The molecule has 2 N–H and O–H groups in total. The van der Waals surface area contributed by atoms with Crippen LogP contribution in [0.5, 0.6) is 0 Å². The van der Waals surface area contributed by atoms with Crippen molar-refractivity contribution in [3.8, 4) is 0 Å². The molecule has 0 aromatic rings. The number of halogens is 3. The number of unbranched alkanes of at least 4 members (excludes halogenated alkanes) is 6. The Morgan fingerprint density at radius 1 is 1.14 bits per heavy atom. The fourth-order valence-corrected chi connectivity index (χ4v) is 2.04. The Hall–Kier alpha value is -0.220. The van der Waals surface area contributed by atoms with Crippen LogP contribution in [-0.2, 0) is 4.74 Å². The number of alkyl halides is 3. The second kappa shape index (κ2) is 13.2. The van der Waals surface area contributed by atoms with Gasteiger partial charge in [0.25, 0.3) is 3.79 Å². The highest BCUT2D eigenvalue weighted by Crippen LogP contribution is 2.27. The van der Waals surface area contributed by atoms with Gasteiger partial charge in [0.2, 0.25) is 5.90 Å². The Labute approximate surface area is 148 Å². The molecule has 0 radical (unpaired) electrons. The lowest BCUT2D eigenvalue weighted by molar-refractivity contribution is 0.206. The van der Waals surface area contributed by atoms with Gasteiger partial charge in [-0.1, -0.05) is 79.1 Å². The molecule has 0 bridgehead atoms. The van der Waals surface area contributed by atoms with E-state index in [9.17, 15) is 5.11 Å². The van der Waals surface area contributed by atoms with Crippen LogP contribution in [0.4, 0.5) is 0 Å². The summed E-state index contributed by atoms with van der Waals surface area (Å²) in [6.07, 6.45) is 13.6. The number of aliphatic hydroxyl groups is 1. The molecule has 0 heterocycles. The van der Waals surface area contributed by atoms with E-state index in [0.717, 1.165) is 25.7 Å². The maximum atomic E-state index is 9.76.